The van der Waals surface area contributed by atoms with Crippen molar-refractivity contribution in [2.45, 2.75) is 9.92 Å². The third-order valence-corrected chi connectivity index (χ3v) is 3.52. The van der Waals surface area contributed by atoms with Crippen molar-refractivity contribution in [1.29, 1.82) is 0 Å². The number of rotatable bonds is 2. The van der Waals surface area contributed by atoms with Crippen LogP contribution in [-0.2, 0) is 0 Å². The van der Waals surface area contributed by atoms with Gasteiger partial charge in [-0.3, -0.25) is 0 Å². The number of hydrogen-bond donors (Lipinski definition) is 0. The number of halogens is 3. The SMILES string of the molecule is Fc1ccc(F)c(Sc2cc(Cl)nc3ncnn23)c1. The van der Waals surface area contributed by atoms with Gasteiger partial charge in [0, 0.05) is 6.07 Å². The predicted molar refractivity (Wildman–Crippen MR) is 66.3 cm³/mol. The van der Waals surface area contributed by atoms with Gasteiger partial charge in [0.2, 0.25) is 0 Å². The molecule has 0 aliphatic carbocycles. The maximum atomic E-state index is 13.6. The van der Waals surface area contributed by atoms with Gasteiger partial charge in [-0.05, 0) is 18.2 Å². The van der Waals surface area contributed by atoms with Crippen molar-refractivity contribution in [3.63, 3.8) is 0 Å². The molecule has 0 saturated heterocycles. The molecule has 0 spiro atoms. The third-order valence-electron chi connectivity index (χ3n) is 2.30. The van der Waals surface area contributed by atoms with E-state index < -0.39 is 11.6 Å². The van der Waals surface area contributed by atoms with E-state index in [-0.39, 0.29) is 10.0 Å². The molecule has 0 fully saturated rings. The summed E-state index contributed by atoms with van der Waals surface area (Å²) in [7, 11) is 0. The second kappa shape index (κ2) is 4.75. The molecule has 96 valence electrons. The van der Waals surface area contributed by atoms with Crippen LogP contribution in [-0.4, -0.2) is 19.6 Å². The monoisotopic (exact) mass is 298 g/mol. The Morgan fingerprint density at radius 2 is 2.05 bits per heavy atom. The zero-order chi connectivity index (χ0) is 13.4. The molecule has 0 bridgehead atoms. The zero-order valence-electron chi connectivity index (χ0n) is 9.22. The van der Waals surface area contributed by atoms with E-state index in [1.165, 1.54) is 16.9 Å². The Morgan fingerprint density at radius 1 is 1.21 bits per heavy atom. The third kappa shape index (κ3) is 2.39. The smallest absolute Gasteiger partial charge is 0.207 e. The summed E-state index contributed by atoms with van der Waals surface area (Å²) in [5.41, 5.74) is 0. The van der Waals surface area contributed by atoms with Gasteiger partial charge < -0.3 is 0 Å². The van der Waals surface area contributed by atoms with Crippen molar-refractivity contribution in [2.75, 3.05) is 0 Å². The van der Waals surface area contributed by atoms with Crippen molar-refractivity contribution in [3.8, 4) is 0 Å². The highest BCUT2D eigenvalue weighted by molar-refractivity contribution is 7.99. The van der Waals surface area contributed by atoms with Crippen molar-refractivity contribution in [1.82, 2.24) is 19.6 Å². The second-order valence-electron chi connectivity index (χ2n) is 3.57. The normalized spacial score (nSPS) is 11.1. The van der Waals surface area contributed by atoms with E-state index in [2.05, 4.69) is 15.1 Å². The van der Waals surface area contributed by atoms with Gasteiger partial charge in [0.1, 0.15) is 28.1 Å². The Kier molecular flexibility index (Phi) is 3.08. The van der Waals surface area contributed by atoms with Crippen LogP contribution in [0.25, 0.3) is 5.78 Å². The first-order valence-electron chi connectivity index (χ1n) is 5.13. The first-order chi connectivity index (χ1) is 9.13. The Morgan fingerprint density at radius 3 is 2.89 bits per heavy atom. The summed E-state index contributed by atoms with van der Waals surface area (Å²) in [5.74, 6) is -0.738. The van der Waals surface area contributed by atoms with Gasteiger partial charge >= 0.3 is 0 Å². The maximum absolute atomic E-state index is 13.6. The van der Waals surface area contributed by atoms with Crippen LogP contribution in [0.1, 0.15) is 0 Å². The fourth-order valence-corrected chi connectivity index (χ4v) is 2.69. The molecule has 0 unspecified atom stereocenters. The Balaban J connectivity index is 2.10. The predicted octanol–water partition coefficient (Wildman–Crippen LogP) is 3.21. The molecule has 2 aromatic heterocycles. The van der Waals surface area contributed by atoms with Gasteiger partial charge in [-0.1, -0.05) is 23.4 Å². The van der Waals surface area contributed by atoms with Crippen LogP contribution in [0, 0.1) is 11.6 Å². The number of aromatic nitrogens is 4. The number of fused-ring (bicyclic) bond motifs is 1. The van der Waals surface area contributed by atoms with Gasteiger partial charge in [0.15, 0.2) is 0 Å². The van der Waals surface area contributed by atoms with Crippen LogP contribution in [0.4, 0.5) is 8.78 Å². The lowest BCUT2D eigenvalue weighted by molar-refractivity contribution is 0.577. The fraction of sp³-hybridized carbons (Fsp3) is 0. The molecule has 3 rings (SSSR count). The number of nitrogens with zero attached hydrogens (tertiary/aromatic N) is 4. The molecule has 19 heavy (non-hydrogen) atoms. The Labute approximate surface area is 115 Å². The number of benzene rings is 1. The molecule has 0 radical (unpaired) electrons. The molecule has 0 amide bonds. The van der Waals surface area contributed by atoms with E-state index in [1.54, 1.807) is 0 Å². The van der Waals surface area contributed by atoms with Crippen LogP contribution in [0.5, 0.6) is 0 Å². The van der Waals surface area contributed by atoms with E-state index in [9.17, 15) is 8.78 Å². The minimum Gasteiger partial charge on any atom is -0.207 e. The van der Waals surface area contributed by atoms with Crippen molar-refractivity contribution in [2.24, 2.45) is 0 Å². The minimum atomic E-state index is -0.521. The molecule has 0 aliphatic heterocycles. The van der Waals surface area contributed by atoms with Gasteiger partial charge in [-0.15, -0.1) is 0 Å². The van der Waals surface area contributed by atoms with Crippen molar-refractivity contribution < 1.29 is 8.78 Å². The fourth-order valence-electron chi connectivity index (χ4n) is 1.50. The number of hydrogen-bond acceptors (Lipinski definition) is 4. The van der Waals surface area contributed by atoms with Crippen LogP contribution in [0.15, 0.2) is 40.5 Å². The lowest BCUT2D eigenvalue weighted by atomic mass is 10.3. The first-order valence-corrected chi connectivity index (χ1v) is 6.32. The summed E-state index contributed by atoms with van der Waals surface area (Å²) < 4.78 is 28.1. The van der Waals surface area contributed by atoms with Crippen LogP contribution in [0.3, 0.4) is 0 Å². The average Bonchev–Trinajstić information content (AvgIpc) is 2.82. The van der Waals surface area contributed by atoms with E-state index >= 15 is 0 Å². The average molecular weight is 299 g/mol. The standard InChI is InChI=1S/C11H5ClF2N4S/c12-9-4-10(18-11(17-9)15-5-16-18)19-8-3-6(13)1-2-7(8)14/h1-5H. The molecule has 8 heteroatoms. The van der Waals surface area contributed by atoms with E-state index in [4.69, 9.17) is 11.6 Å². The molecular weight excluding hydrogens is 294 g/mol. The molecule has 1 aromatic carbocycles. The van der Waals surface area contributed by atoms with Crippen molar-refractivity contribution in [3.05, 3.63) is 47.4 Å². The van der Waals surface area contributed by atoms with Crippen molar-refractivity contribution >= 4 is 29.1 Å². The van der Waals surface area contributed by atoms with Gasteiger partial charge in [-0.25, -0.2) is 8.78 Å². The Hall–Kier alpha value is -1.73. The molecule has 4 nitrogen and oxygen atoms in total. The zero-order valence-corrected chi connectivity index (χ0v) is 10.8. The van der Waals surface area contributed by atoms with Crippen LogP contribution >= 0.6 is 23.4 Å². The summed E-state index contributed by atoms with van der Waals surface area (Å²) in [6.07, 6.45) is 1.31. The van der Waals surface area contributed by atoms with Gasteiger partial charge in [0.25, 0.3) is 5.78 Å². The van der Waals surface area contributed by atoms with Gasteiger partial charge in [-0.2, -0.15) is 19.6 Å². The quantitative estimate of drug-likeness (QED) is 0.681. The molecule has 3 aromatic rings. The minimum absolute atomic E-state index is 0.138. The molecule has 0 saturated carbocycles. The highest BCUT2D eigenvalue weighted by Crippen LogP contribution is 2.31. The second-order valence-corrected chi connectivity index (χ2v) is 5.02. The Bertz CT molecular complexity index is 762. The summed E-state index contributed by atoms with van der Waals surface area (Å²) >= 11 is 6.84. The summed E-state index contributed by atoms with van der Waals surface area (Å²) in [4.78, 5) is 7.99. The summed E-state index contributed by atoms with van der Waals surface area (Å²) in [5, 5.41) is 4.66. The first kappa shape index (κ1) is 12.3. The lowest BCUT2D eigenvalue weighted by Gasteiger charge is -2.05. The summed E-state index contributed by atoms with van der Waals surface area (Å²) in [6, 6.07) is 4.75. The van der Waals surface area contributed by atoms with Crippen LogP contribution < -0.4 is 0 Å². The molecule has 0 aliphatic rings. The molecular formula is C11H5ClF2N4S. The summed E-state index contributed by atoms with van der Waals surface area (Å²) in [6.45, 7) is 0. The molecule has 0 N–H and O–H groups in total. The van der Waals surface area contributed by atoms with Gasteiger partial charge in [0.05, 0.1) is 4.90 Å². The van der Waals surface area contributed by atoms with E-state index in [1.807, 2.05) is 0 Å². The maximum Gasteiger partial charge on any atom is 0.254 e. The highest BCUT2D eigenvalue weighted by Gasteiger charge is 2.11. The van der Waals surface area contributed by atoms with E-state index in [0.29, 0.717) is 10.8 Å². The molecule has 0 atom stereocenters. The van der Waals surface area contributed by atoms with Crippen LogP contribution in [0.2, 0.25) is 5.15 Å². The highest BCUT2D eigenvalue weighted by atomic mass is 35.5. The topological polar surface area (TPSA) is 43.1 Å². The molecule has 2 heterocycles. The lowest BCUT2D eigenvalue weighted by Crippen LogP contribution is -1.96. The largest absolute Gasteiger partial charge is 0.254 e. The van der Waals surface area contributed by atoms with E-state index in [0.717, 1.165) is 30.0 Å².